The van der Waals surface area contributed by atoms with Crippen molar-refractivity contribution < 1.29 is 18.1 Å². The maximum absolute atomic E-state index is 16.8. The molecule has 4 aromatic heterocycles. The van der Waals surface area contributed by atoms with Crippen LogP contribution in [0.15, 0.2) is 291 Å². The van der Waals surface area contributed by atoms with Gasteiger partial charge in [-0.2, -0.15) is 10.5 Å². The Morgan fingerprint density at radius 2 is 0.570 bits per heavy atom. The predicted octanol–water partition coefficient (Wildman–Crippen LogP) is 19.5. The van der Waals surface area contributed by atoms with E-state index in [1.807, 2.05) is 282 Å². The molecule has 10 aromatic carbocycles. The molecule has 482 valence electrons. The van der Waals surface area contributed by atoms with Gasteiger partial charge in [0.2, 0.25) is 0 Å². The van der Waals surface area contributed by atoms with Crippen LogP contribution >= 0.6 is 11.6 Å². The van der Waals surface area contributed by atoms with Gasteiger partial charge in [-0.25, -0.2) is 48.7 Å². The van der Waals surface area contributed by atoms with E-state index in [0.29, 0.717) is 51.0 Å². The van der Waals surface area contributed by atoms with Crippen LogP contribution < -0.4 is 5.46 Å². The van der Waals surface area contributed by atoms with E-state index in [-0.39, 0.29) is 44.9 Å². The van der Waals surface area contributed by atoms with E-state index in [1.54, 1.807) is 12.1 Å². The third-order valence-electron chi connectivity index (χ3n) is 17.1. The minimum Gasteiger partial charge on any atom is -0.399 e. The van der Waals surface area contributed by atoms with Crippen molar-refractivity contribution in [1.82, 2.24) is 39.9 Å². The minimum atomic E-state index is -0.965. The zero-order valence-electron chi connectivity index (χ0n) is 54.7. The molecule has 0 aliphatic carbocycles. The van der Waals surface area contributed by atoms with Gasteiger partial charge in [-0.05, 0) is 70.2 Å². The number of nitriles is 2. The number of rotatable bonds is 12. The van der Waals surface area contributed by atoms with Gasteiger partial charge >= 0.3 is 7.12 Å². The molecule has 0 N–H and O–H groups in total. The Balaban J connectivity index is 0.000000145. The largest absolute Gasteiger partial charge is 0.497 e. The Hall–Kier alpha value is -12.4. The zero-order chi connectivity index (χ0) is 69.2. The molecule has 1 aliphatic rings. The molecule has 0 radical (unpaired) electrons. The number of hydrogen-bond acceptors (Lipinski definition) is 12. The van der Waals surface area contributed by atoms with E-state index >= 15 is 8.78 Å². The standard InChI is InChI=1S/C39H24FN5.C29H25BFN3O2.C16H11ClN2/c40-37-31(36-24-35(29-17-9-3-10-18-29)42-38(45-36)30-19-11-4-12-20-30)21-26(25-41)22-32(37)39-43-33(27-13-5-1-6-14-27)23-34(44-39)28-15-7-2-8-16-28;1-28(2)29(3,4)36-30(35-28)23-16-19(18-32)15-22(26(23)31)27-33-24(20-11-7-5-8-12-20)17-25(34-27)21-13-9-6-10-14-21;17-15-11-14(12-7-3-1-4-8-12)18-16(19-15)13-9-5-2-6-10-13/h1-24H;5-17H,1-4H3;1-11H. The van der Waals surface area contributed by atoms with E-state index in [2.05, 4.69) is 22.1 Å². The summed E-state index contributed by atoms with van der Waals surface area (Å²) in [5, 5.41) is 20.2. The van der Waals surface area contributed by atoms with Crippen molar-refractivity contribution in [3.63, 3.8) is 0 Å². The molecule has 15 rings (SSSR count). The highest BCUT2D eigenvalue weighted by Crippen LogP contribution is 2.39. The quantitative estimate of drug-likeness (QED) is 0.0839. The molecule has 16 heteroatoms. The lowest BCUT2D eigenvalue weighted by molar-refractivity contribution is 0.00578. The van der Waals surface area contributed by atoms with Gasteiger partial charge in [0.15, 0.2) is 23.3 Å². The summed E-state index contributed by atoms with van der Waals surface area (Å²) in [4.78, 5) is 37.5. The summed E-state index contributed by atoms with van der Waals surface area (Å²) in [7, 11) is -0.965. The minimum absolute atomic E-state index is 0.111. The first-order valence-electron chi connectivity index (χ1n) is 32.2. The summed E-state index contributed by atoms with van der Waals surface area (Å²) in [6.45, 7) is 7.61. The van der Waals surface area contributed by atoms with Gasteiger partial charge in [-0.1, -0.05) is 254 Å². The van der Waals surface area contributed by atoms with E-state index < -0.39 is 30.0 Å². The summed E-state index contributed by atoms with van der Waals surface area (Å²) in [6, 6.07) is 95.3. The highest BCUT2D eigenvalue weighted by molar-refractivity contribution is 6.62. The van der Waals surface area contributed by atoms with Crippen molar-refractivity contribution in [2.24, 2.45) is 0 Å². The molecule has 0 atom stereocenters. The van der Waals surface area contributed by atoms with E-state index in [4.69, 9.17) is 50.8 Å². The predicted molar refractivity (Wildman–Crippen MR) is 392 cm³/mol. The first-order chi connectivity index (χ1) is 48.7. The fourth-order valence-corrected chi connectivity index (χ4v) is 11.3. The van der Waals surface area contributed by atoms with Crippen LogP contribution in [0.1, 0.15) is 38.8 Å². The molecule has 12 nitrogen and oxygen atoms in total. The van der Waals surface area contributed by atoms with Crippen molar-refractivity contribution >= 4 is 24.2 Å². The Morgan fingerprint density at radius 3 is 0.910 bits per heavy atom. The molecule has 14 aromatic rings. The molecule has 1 fully saturated rings. The molecule has 0 unspecified atom stereocenters. The second-order valence-corrected chi connectivity index (χ2v) is 24.7. The zero-order valence-corrected chi connectivity index (χ0v) is 55.5. The molecule has 1 aliphatic heterocycles. The maximum Gasteiger partial charge on any atom is 0.497 e. The van der Waals surface area contributed by atoms with E-state index in [9.17, 15) is 10.5 Å². The van der Waals surface area contributed by atoms with Crippen molar-refractivity contribution in [3.8, 4) is 136 Å². The van der Waals surface area contributed by atoms with Crippen molar-refractivity contribution in [3.05, 3.63) is 319 Å². The first-order valence-corrected chi connectivity index (χ1v) is 32.5. The SMILES string of the molecule is CC1(C)OB(c2cc(C#N)cc(-c3nc(-c4ccccc4)cc(-c4ccccc4)n3)c2F)OC1(C)C.Clc1cc(-c2ccccc2)nc(-c2ccccc2)n1.N#Cc1cc(-c2cc(-c3ccccc3)nc(-c3ccccc3)n2)c(F)c(-c2nc(-c3ccccc3)cc(-c3ccccc3)n2)c1. The number of hydrogen-bond donors (Lipinski definition) is 0. The van der Waals surface area contributed by atoms with Gasteiger partial charge in [-0.3, -0.25) is 0 Å². The molecule has 0 saturated carbocycles. The van der Waals surface area contributed by atoms with Gasteiger partial charge in [0, 0.05) is 61.6 Å². The number of aromatic nitrogens is 8. The average Bonchev–Trinajstić information content (AvgIpc) is 1.86. The van der Waals surface area contributed by atoms with Crippen LogP contribution in [0.4, 0.5) is 8.78 Å². The van der Waals surface area contributed by atoms with Gasteiger partial charge < -0.3 is 9.31 Å². The van der Waals surface area contributed by atoms with E-state index in [0.717, 1.165) is 50.2 Å². The molecule has 1 saturated heterocycles. The Morgan fingerprint density at radius 1 is 0.310 bits per heavy atom. The monoisotopic (exact) mass is 1320 g/mol. The Bertz CT molecular complexity index is 4920. The van der Waals surface area contributed by atoms with Crippen LogP contribution in [0, 0.1) is 34.3 Å². The van der Waals surface area contributed by atoms with Gasteiger partial charge in [0.25, 0.3) is 0 Å². The maximum atomic E-state index is 16.8. The second-order valence-electron chi connectivity index (χ2n) is 24.3. The molecule has 100 heavy (non-hydrogen) atoms. The number of benzene rings is 10. The summed E-state index contributed by atoms with van der Waals surface area (Å²) < 4.78 is 45.2. The van der Waals surface area contributed by atoms with E-state index in [1.165, 1.54) is 24.3 Å². The third-order valence-corrected chi connectivity index (χ3v) is 17.2. The average molecular weight is 1330 g/mol. The van der Waals surface area contributed by atoms with Crippen LogP contribution in [0.2, 0.25) is 5.15 Å². The fraction of sp³-hybridized carbons (Fsp3) is 0.0714. The van der Waals surface area contributed by atoms with Crippen LogP contribution in [-0.2, 0) is 9.31 Å². The van der Waals surface area contributed by atoms with Crippen molar-refractivity contribution in [1.29, 1.82) is 10.5 Å². The summed E-state index contributed by atoms with van der Waals surface area (Å²) >= 11 is 6.10. The molecule has 0 amide bonds. The second kappa shape index (κ2) is 29.5. The highest BCUT2D eigenvalue weighted by Gasteiger charge is 2.53. The lowest BCUT2D eigenvalue weighted by Gasteiger charge is -2.32. The van der Waals surface area contributed by atoms with Crippen LogP contribution in [-0.4, -0.2) is 58.2 Å². The van der Waals surface area contributed by atoms with Crippen LogP contribution in [0.25, 0.3) is 124 Å². The molecular formula is C84H60BClF2N10O2. The third kappa shape index (κ3) is 14.9. The molecule has 0 bridgehead atoms. The number of halogens is 3. The van der Waals surface area contributed by atoms with Crippen molar-refractivity contribution in [2.45, 2.75) is 38.9 Å². The number of nitrogens with zero attached hydrogens (tertiary/aromatic N) is 10. The smallest absolute Gasteiger partial charge is 0.399 e. The normalized spacial score (nSPS) is 12.6. The molecule has 0 spiro atoms. The first kappa shape index (κ1) is 66.3. The molecular weight excluding hydrogens is 1270 g/mol. The topological polar surface area (TPSA) is 169 Å². The van der Waals surface area contributed by atoms with Gasteiger partial charge in [0.1, 0.15) is 16.8 Å². The fourth-order valence-electron chi connectivity index (χ4n) is 11.2. The summed E-state index contributed by atoms with van der Waals surface area (Å²) in [5.74, 6) is 0.303. The lowest BCUT2D eigenvalue weighted by Crippen LogP contribution is -2.41. The summed E-state index contributed by atoms with van der Waals surface area (Å²) in [6.07, 6.45) is 0. The highest BCUT2D eigenvalue weighted by atomic mass is 35.5. The van der Waals surface area contributed by atoms with Crippen LogP contribution in [0.3, 0.4) is 0 Å². The lowest BCUT2D eigenvalue weighted by atomic mass is 9.76. The summed E-state index contributed by atoms with van der Waals surface area (Å²) in [5.41, 5.74) is 11.3. The van der Waals surface area contributed by atoms with Crippen LogP contribution in [0.5, 0.6) is 0 Å². The van der Waals surface area contributed by atoms with Crippen molar-refractivity contribution in [2.75, 3.05) is 0 Å². The van der Waals surface area contributed by atoms with Gasteiger partial charge in [-0.15, -0.1) is 0 Å². The molecule has 5 heterocycles. The Kier molecular flexibility index (Phi) is 19.6. The Labute approximate surface area is 583 Å². The van der Waals surface area contributed by atoms with Gasteiger partial charge in [0.05, 0.1) is 85.5 Å².